The molecule has 40 heavy (non-hydrogen) atoms. The number of amides is 1. The maximum absolute atomic E-state index is 13.3. The van der Waals surface area contributed by atoms with Crippen LogP contribution in [0.5, 0.6) is 0 Å². The van der Waals surface area contributed by atoms with Gasteiger partial charge >= 0.3 is 11.9 Å². The van der Waals surface area contributed by atoms with Crippen molar-refractivity contribution in [2.45, 2.75) is 58.6 Å². The first-order valence-electron chi connectivity index (χ1n) is 13.2. The summed E-state index contributed by atoms with van der Waals surface area (Å²) in [6, 6.07) is 9.36. The summed E-state index contributed by atoms with van der Waals surface area (Å²) in [6.07, 6.45) is 6.13. The van der Waals surface area contributed by atoms with Gasteiger partial charge in [0.05, 0.1) is 18.3 Å². The van der Waals surface area contributed by atoms with Gasteiger partial charge in [0.25, 0.3) is 5.56 Å². The highest BCUT2D eigenvalue weighted by atomic mass is 32.1. The van der Waals surface area contributed by atoms with E-state index in [-0.39, 0.29) is 24.8 Å². The molecule has 0 spiro atoms. The molecule has 0 saturated heterocycles. The van der Waals surface area contributed by atoms with E-state index in [2.05, 4.69) is 10.3 Å². The average molecular weight is 580 g/mol. The van der Waals surface area contributed by atoms with Crippen molar-refractivity contribution in [1.29, 1.82) is 0 Å². The van der Waals surface area contributed by atoms with Gasteiger partial charge in [-0.3, -0.25) is 14.2 Å². The summed E-state index contributed by atoms with van der Waals surface area (Å²) in [6.45, 7) is 3.28. The van der Waals surface area contributed by atoms with E-state index in [9.17, 15) is 19.2 Å². The fraction of sp³-hybridized carbons (Fsp3) is 0.345. The molecule has 0 aliphatic heterocycles. The molecule has 11 heteroatoms. The van der Waals surface area contributed by atoms with Gasteiger partial charge in [0.1, 0.15) is 32.9 Å². The van der Waals surface area contributed by atoms with Gasteiger partial charge in [-0.25, -0.2) is 14.6 Å². The smallest absolute Gasteiger partial charge is 0.348 e. The summed E-state index contributed by atoms with van der Waals surface area (Å²) in [5.74, 6) is -1.48. The predicted octanol–water partition coefficient (Wildman–Crippen LogP) is 5.80. The van der Waals surface area contributed by atoms with Crippen LogP contribution >= 0.6 is 22.7 Å². The van der Waals surface area contributed by atoms with Gasteiger partial charge in [-0.1, -0.05) is 36.8 Å². The molecule has 1 N–H and O–H groups in total. The molecule has 1 aliphatic carbocycles. The average Bonchev–Trinajstić information content (AvgIpc) is 3.52. The first kappa shape index (κ1) is 27.7. The number of hydrogen-bond donors (Lipinski definition) is 1. The van der Waals surface area contributed by atoms with Crippen molar-refractivity contribution in [2.24, 2.45) is 0 Å². The van der Waals surface area contributed by atoms with Crippen molar-refractivity contribution in [2.75, 3.05) is 11.9 Å². The normalized spacial score (nSPS) is 13.8. The van der Waals surface area contributed by atoms with Crippen LogP contribution in [0.1, 0.15) is 64.6 Å². The number of ether oxygens (including phenoxy) is 2. The Morgan fingerprint density at radius 1 is 1.10 bits per heavy atom. The molecule has 5 rings (SSSR count). The van der Waals surface area contributed by atoms with Crippen molar-refractivity contribution in [3.63, 3.8) is 0 Å². The van der Waals surface area contributed by atoms with E-state index in [1.54, 1.807) is 19.2 Å². The minimum absolute atomic E-state index is 0.0988. The number of aromatic nitrogens is 2. The third-order valence-corrected chi connectivity index (χ3v) is 8.93. The van der Waals surface area contributed by atoms with E-state index >= 15 is 0 Å². The fourth-order valence-electron chi connectivity index (χ4n) is 4.86. The molecule has 1 aromatic carbocycles. The summed E-state index contributed by atoms with van der Waals surface area (Å²) in [4.78, 5) is 57.2. The lowest BCUT2D eigenvalue weighted by molar-refractivity contribution is -0.116. The number of thiophene rings is 2. The van der Waals surface area contributed by atoms with Crippen LogP contribution in [0, 0.1) is 6.92 Å². The summed E-state index contributed by atoms with van der Waals surface area (Å²) in [7, 11) is 0. The van der Waals surface area contributed by atoms with E-state index in [0.29, 0.717) is 31.2 Å². The maximum atomic E-state index is 13.3. The van der Waals surface area contributed by atoms with E-state index < -0.39 is 23.4 Å². The van der Waals surface area contributed by atoms with Gasteiger partial charge in [0.15, 0.2) is 0 Å². The molecule has 1 amide bonds. The van der Waals surface area contributed by atoms with Crippen molar-refractivity contribution in [3.05, 3.63) is 68.4 Å². The quantitative estimate of drug-likeness (QED) is 0.262. The van der Waals surface area contributed by atoms with Crippen LogP contribution in [-0.2, 0) is 20.8 Å². The zero-order valence-corrected chi connectivity index (χ0v) is 23.9. The van der Waals surface area contributed by atoms with Crippen molar-refractivity contribution >= 4 is 55.7 Å². The van der Waals surface area contributed by atoms with Crippen LogP contribution < -0.4 is 10.9 Å². The third-order valence-electron chi connectivity index (χ3n) is 6.85. The summed E-state index contributed by atoms with van der Waals surface area (Å²) in [5, 5.41) is 5.19. The van der Waals surface area contributed by atoms with Gasteiger partial charge in [0, 0.05) is 10.9 Å². The van der Waals surface area contributed by atoms with Gasteiger partial charge in [-0.2, -0.15) is 0 Å². The van der Waals surface area contributed by atoms with Crippen LogP contribution in [-0.4, -0.2) is 40.1 Å². The number of carbonyl (C=O) groups excluding carboxylic acids is 3. The number of nitrogens with one attached hydrogen (secondary N) is 1. The Bertz CT molecular complexity index is 1620. The Morgan fingerprint density at radius 2 is 1.85 bits per heavy atom. The molecule has 0 radical (unpaired) electrons. The van der Waals surface area contributed by atoms with Gasteiger partial charge in [-0.05, 0) is 50.7 Å². The van der Waals surface area contributed by atoms with Crippen LogP contribution in [0.15, 0.2) is 46.8 Å². The van der Waals surface area contributed by atoms with Gasteiger partial charge in [0.2, 0.25) is 5.91 Å². The molecule has 1 fully saturated rings. The van der Waals surface area contributed by atoms with Crippen molar-refractivity contribution < 1.29 is 23.9 Å². The zero-order chi connectivity index (χ0) is 28.2. The molecule has 0 unspecified atom stereocenters. The maximum Gasteiger partial charge on any atom is 0.348 e. The molecule has 1 aliphatic rings. The molecule has 3 heterocycles. The number of hydrogen-bond acceptors (Lipinski definition) is 9. The van der Waals surface area contributed by atoms with E-state index in [4.69, 9.17) is 9.47 Å². The number of nitrogens with zero attached hydrogens (tertiary/aromatic N) is 2. The highest BCUT2D eigenvalue weighted by Gasteiger charge is 2.26. The Morgan fingerprint density at radius 3 is 2.58 bits per heavy atom. The minimum atomic E-state index is -0.542. The van der Waals surface area contributed by atoms with Crippen molar-refractivity contribution in [1.82, 2.24) is 9.55 Å². The molecule has 0 bridgehead atoms. The topological polar surface area (TPSA) is 117 Å². The molecule has 0 atom stereocenters. The number of rotatable bonds is 8. The number of fused-ring (bicyclic) bond motifs is 1. The SMILES string of the molecule is CCOC(=O)c1c(-c2ccccc2)csc1NC(=O)Cn1cnc2sc(C(=O)OC3CCCCC3)c(C)c2c1=O. The molecular formula is C29H29N3O6S2. The fourth-order valence-corrected chi connectivity index (χ4v) is 6.86. The number of esters is 2. The standard InChI is InChI=1S/C29H29N3O6S2/c1-3-37-28(35)23-20(18-10-6-4-7-11-18)15-39-26(23)31-21(33)14-32-16-30-25-22(27(32)34)17(2)24(40-25)29(36)38-19-12-8-5-9-13-19/h4,6-7,10-11,15-16,19H,3,5,8-9,12-14H2,1-2H3,(H,31,33). The second kappa shape index (κ2) is 12.1. The van der Waals surface area contributed by atoms with Crippen LogP contribution in [0.3, 0.4) is 0 Å². The lowest BCUT2D eigenvalue weighted by atomic mass is 9.98. The highest BCUT2D eigenvalue weighted by molar-refractivity contribution is 7.20. The molecule has 4 aromatic rings. The Hall–Kier alpha value is -3.83. The number of carbonyl (C=O) groups is 3. The summed E-state index contributed by atoms with van der Waals surface area (Å²) >= 11 is 2.33. The lowest BCUT2D eigenvalue weighted by Gasteiger charge is -2.21. The van der Waals surface area contributed by atoms with Gasteiger partial charge in [-0.15, -0.1) is 22.7 Å². The van der Waals surface area contributed by atoms with Crippen LogP contribution in [0.25, 0.3) is 21.3 Å². The number of anilines is 1. The Kier molecular flexibility index (Phi) is 8.41. The number of aryl methyl sites for hydroxylation is 1. The minimum Gasteiger partial charge on any atom is -0.462 e. The Labute approximate surface area is 238 Å². The summed E-state index contributed by atoms with van der Waals surface area (Å²) in [5.41, 5.74) is 1.82. The summed E-state index contributed by atoms with van der Waals surface area (Å²) < 4.78 is 12.2. The predicted molar refractivity (Wildman–Crippen MR) is 155 cm³/mol. The van der Waals surface area contributed by atoms with Gasteiger partial charge < -0.3 is 14.8 Å². The van der Waals surface area contributed by atoms with Crippen LogP contribution in [0.2, 0.25) is 0 Å². The van der Waals surface area contributed by atoms with E-state index in [1.807, 2.05) is 30.3 Å². The molecular weight excluding hydrogens is 550 g/mol. The second-order valence-corrected chi connectivity index (χ2v) is 11.4. The monoisotopic (exact) mass is 579 g/mol. The van der Waals surface area contributed by atoms with E-state index in [0.717, 1.165) is 49.0 Å². The first-order chi connectivity index (χ1) is 19.4. The molecule has 3 aromatic heterocycles. The first-order valence-corrected chi connectivity index (χ1v) is 14.9. The van der Waals surface area contributed by atoms with Crippen LogP contribution in [0.4, 0.5) is 5.00 Å². The molecule has 1 saturated carbocycles. The van der Waals surface area contributed by atoms with E-state index in [1.165, 1.54) is 22.2 Å². The zero-order valence-electron chi connectivity index (χ0n) is 22.2. The highest BCUT2D eigenvalue weighted by Crippen LogP contribution is 2.36. The largest absolute Gasteiger partial charge is 0.462 e. The molecule has 9 nitrogen and oxygen atoms in total. The lowest BCUT2D eigenvalue weighted by Crippen LogP contribution is -2.28. The second-order valence-electron chi connectivity index (χ2n) is 9.57. The third kappa shape index (κ3) is 5.71. The number of benzene rings is 1. The Balaban J connectivity index is 1.37. The molecule has 208 valence electrons. The van der Waals surface area contributed by atoms with Crippen molar-refractivity contribution in [3.8, 4) is 11.1 Å².